The van der Waals surface area contributed by atoms with Crippen LogP contribution in [0.1, 0.15) is 51.5 Å². The van der Waals surface area contributed by atoms with E-state index in [9.17, 15) is 19.5 Å². The minimum Gasteiger partial charge on any atom is -0.496 e. The largest absolute Gasteiger partial charge is 0.496 e. The molecule has 3 aromatic rings. The van der Waals surface area contributed by atoms with E-state index in [-0.39, 0.29) is 18.9 Å². The van der Waals surface area contributed by atoms with Gasteiger partial charge in [-0.1, -0.05) is 26.0 Å². The zero-order valence-corrected chi connectivity index (χ0v) is 27.2. The summed E-state index contributed by atoms with van der Waals surface area (Å²) in [7, 11) is 3.30. The van der Waals surface area contributed by atoms with Gasteiger partial charge in [0.05, 0.1) is 31.1 Å². The van der Waals surface area contributed by atoms with Crippen LogP contribution in [0.4, 0.5) is 4.79 Å². The van der Waals surface area contributed by atoms with Crippen molar-refractivity contribution >= 4 is 28.8 Å². The summed E-state index contributed by atoms with van der Waals surface area (Å²) in [4.78, 5) is 45.3. The molecule has 5 rings (SSSR count). The standard InChI is InChI=1S/C34H44N6O6/c1-21(2)19-40-20-23(18-35-40)27-16-29(25-11-12-28(45-5)22(3)30(25)36-27)46-15-13-26-31(41)38-34(32(42)43)17-24(34)10-8-6-7-9-14-39(4)33(44)37-26/h8,10-12,16,18,20-21,24,26H,6-7,9,13-15,17,19H2,1-5H3,(H,37,44)(H,38,41)(H,42,43)/b10-8-. The lowest BCUT2D eigenvalue weighted by atomic mass is 10.1. The molecule has 3 unspecified atom stereocenters. The van der Waals surface area contributed by atoms with Crippen LogP contribution < -0.4 is 20.1 Å². The first-order valence-electron chi connectivity index (χ1n) is 15.9. The molecular weight excluding hydrogens is 588 g/mol. The first kappa shape index (κ1) is 32.8. The van der Waals surface area contributed by atoms with Gasteiger partial charge in [0.1, 0.15) is 23.1 Å². The lowest BCUT2D eigenvalue weighted by Crippen LogP contribution is -2.55. The second kappa shape index (κ2) is 13.8. The number of hydrogen-bond donors (Lipinski definition) is 3. The normalized spacial score (nSPS) is 22.9. The van der Waals surface area contributed by atoms with Crippen LogP contribution in [0.25, 0.3) is 22.2 Å². The second-order valence-electron chi connectivity index (χ2n) is 12.7. The summed E-state index contributed by atoms with van der Waals surface area (Å²) >= 11 is 0. The van der Waals surface area contributed by atoms with Crippen molar-refractivity contribution < 1.29 is 29.0 Å². The maximum absolute atomic E-state index is 13.6. The molecule has 0 radical (unpaired) electrons. The van der Waals surface area contributed by atoms with Crippen LogP contribution in [0.15, 0.2) is 42.7 Å². The number of aliphatic carboxylic acids is 1. The van der Waals surface area contributed by atoms with E-state index in [1.165, 1.54) is 0 Å². The van der Waals surface area contributed by atoms with E-state index >= 15 is 0 Å². The summed E-state index contributed by atoms with van der Waals surface area (Å²) in [5.74, 6) is -0.251. The summed E-state index contributed by atoms with van der Waals surface area (Å²) in [6.45, 7) is 7.58. The number of allylic oxidation sites excluding steroid dienone is 1. The molecule has 1 fully saturated rings. The number of ether oxygens (including phenoxy) is 2. The Hall–Kier alpha value is -4.61. The fourth-order valence-electron chi connectivity index (χ4n) is 5.90. The van der Waals surface area contributed by atoms with E-state index in [2.05, 4.69) is 29.6 Å². The molecule has 1 aromatic carbocycles. The van der Waals surface area contributed by atoms with Crippen LogP contribution in [0.2, 0.25) is 0 Å². The number of rotatable bonds is 9. The number of pyridine rings is 1. The number of benzene rings is 1. The summed E-state index contributed by atoms with van der Waals surface area (Å²) in [5.41, 5.74) is 1.71. The maximum atomic E-state index is 13.6. The van der Waals surface area contributed by atoms with Crippen LogP contribution in [0, 0.1) is 18.8 Å². The molecule has 0 saturated heterocycles. The van der Waals surface area contributed by atoms with Gasteiger partial charge in [0.2, 0.25) is 5.91 Å². The number of aromatic nitrogens is 3. The van der Waals surface area contributed by atoms with Gasteiger partial charge in [-0.3, -0.25) is 9.48 Å². The van der Waals surface area contributed by atoms with Crippen LogP contribution >= 0.6 is 0 Å². The minimum atomic E-state index is -1.37. The summed E-state index contributed by atoms with van der Waals surface area (Å²) < 4.78 is 13.8. The lowest BCUT2D eigenvalue weighted by Gasteiger charge is -2.25. The number of urea groups is 1. The first-order valence-corrected chi connectivity index (χ1v) is 15.9. The molecule has 12 nitrogen and oxygen atoms in total. The number of nitrogens with zero attached hydrogens (tertiary/aromatic N) is 4. The highest BCUT2D eigenvalue weighted by Gasteiger charge is 2.60. The first-order chi connectivity index (χ1) is 22.0. The average Bonchev–Trinajstić information content (AvgIpc) is 3.52. The molecule has 2 aromatic heterocycles. The number of nitrogens with one attached hydrogen (secondary N) is 2. The number of carboxylic acids is 1. The molecule has 0 bridgehead atoms. The van der Waals surface area contributed by atoms with Crippen molar-refractivity contribution in [3.63, 3.8) is 0 Å². The number of carbonyl (C=O) groups excluding carboxylic acids is 2. The highest BCUT2D eigenvalue weighted by atomic mass is 16.5. The topological polar surface area (TPSA) is 148 Å². The molecule has 1 aliphatic carbocycles. The average molecular weight is 633 g/mol. The fourth-order valence-corrected chi connectivity index (χ4v) is 5.90. The van der Waals surface area contributed by atoms with Gasteiger partial charge in [-0.2, -0.15) is 5.10 Å². The quantitative estimate of drug-likeness (QED) is 0.291. The van der Waals surface area contributed by atoms with Gasteiger partial charge in [-0.05, 0) is 50.7 Å². The Labute approximate surface area is 269 Å². The Morgan fingerprint density at radius 2 is 2.02 bits per heavy atom. The number of amides is 3. The van der Waals surface area contributed by atoms with Crippen molar-refractivity contribution in [2.24, 2.45) is 11.8 Å². The van der Waals surface area contributed by atoms with Crippen LogP contribution in [0.3, 0.4) is 0 Å². The Balaban J connectivity index is 1.41. The molecule has 3 heterocycles. The molecule has 0 spiro atoms. The van der Waals surface area contributed by atoms with Crippen molar-refractivity contribution in [3.05, 3.63) is 48.3 Å². The third kappa shape index (κ3) is 7.11. The van der Waals surface area contributed by atoms with E-state index in [1.807, 2.05) is 48.2 Å². The number of carbonyl (C=O) groups is 3. The number of aryl methyl sites for hydroxylation is 1. The van der Waals surface area contributed by atoms with Crippen molar-refractivity contribution in [1.82, 2.24) is 30.3 Å². The molecule has 12 heteroatoms. The van der Waals surface area contributed by atoms with E-state index in [1.54, 1.807) is 25.3 Å². The molecular formula is C34H44N6O6. The zero-order chi connectivity index (χ0) is 33.0. The van der Waals surface area contributed by atoms with E-state index in [0.717, 1.165) is 42.3 Å². The van der Waals surface area contributed by atoms with Gasteiger partial charge in [-0.15, -0.1) is 0 Å². The molecule has 3 N–H and O–H groups in total. The third-order valence-corrected chi connectivity index (χ3v) is 8.70. The zero-order valence-electron chi connectivity index (χ0n) is 27.2. The maximum Gasteiger partial charge on any atom is 0.330 e. The third-order valence-electron chi connectivity index (χ3n) is 8.70. The van der Waals surface area contributed by atoms with Crippen molar-refractivity contribution in [3.8, 4) is 22.8 Å². The minimum absolute atomic E-state index is 0.0712. The number of hydrogen-bond acceptors (Lipinski definition) is 7. The smallest absolute Gasteiger partial charge is 0.330 e. The van der Waals surface area contributed by atoms with Crippen LogP contribution in [0.5, 0.6) is 11.5 Å². The van der Waals surface area contributed by atoms with E-state index in [0.29, 0.717) is 41.6 Å². The summed E-state index contributed by atoms with van der Waals surface area (Å²) in [5, 5.41) is 20.8. The number of methoxy groups -OCH3 is 1. The van der Waals surface area contributed by atoms with Gasteiger partial charge in [0, 0.05) is 61.3 Å². The Morgan fingerprint density at radius 3 is 2.76 bits per heavy atom. The van der Waals surface area contributed by atoms with Gasteiger partial charge in [0.25, 0.3) is 0 Å². The van der Waals surface area contributed by atoms with Gasteiger partial charge < -0.3 is 30.1 Å². The Bertz CT molecular complexity index is 1630. The van der Waals surface area contributed by atoms with E-state index < -0.39 is 29.5 Å². The predicted octanol–water partition coefficient (Wildman–Crippen LogP) is 4.55. The fraction of sp³-hybridized carbons (Fsp3) is 0.500. The number of carboxylic acid groups (broad SMARTS) is 1. The van der Waals surface area contributed by atoms with Crippen molar-refractivity contribution in [2.45, 2.75) is 71.0 Å². The van der Waals surface area contributed by atoms with Gasteiger partial charge in [0.15, 0.2) is 0 Å². The number of fused-ring (bicyclic) bond motifs is 2. The molecule has 246 valence electrons. The molecule has 1 saturated carbocycles. The Kier molecular flexibility index (Phi) is 9.83. The highest BCUT2D eigenvalue weighted by molar-refractivity contribution is 5.94. The predicted molar refractivity (Wildman–Crippen MR) is 174 cm³/mol. The van der Waals surface area contributed by atoms with Gasteiger partial charge >= 0.3 is 12.0 Å². The second-order valence-corrected chi connectivity index (χ2v) is 12.7. The lowest BCUT2D eigenvalue weighted by molar-refractivity contribution is -0.143. The molecule has 3 amide bonds. The van der Waals surface area contributed by atoms with Crippen LogP contribution in [-0.4, -0.2) is 81.6 Å². The summed E-state index contributed by atoms with van der Waals surface area (Å²) in [6.07, 6.45) is 10.5. The van der Waals surface area contributed by atoms with Gasteiger partial charge in [-0.25, -0.2) is 14.6 Å². The SMILES string of the molecule is COc1ccc2c(OCCC3NC(=O)N(C)CCCC/C=C\C4CC4(C(=O)O)NC3=O)cc(-c3cnn(CC(C)C)c3)nc2c1C. The Morgan fingerprint density at radius 1 is 1.22 bits per heavy atom. The molecule has 3 atom stereocenters. The monoisotopic (exact) mass is 632 g/mol. The van der Waals surface area contributed by atoms with Crippen molar-refractivity contribution in [1.29, 1.82) is 0 Å². The summed E-state index contributed by atoms with van der Waals surface area (Å²) in [6, 6.07) is 4.19. The van der Waals surface area contributed by atoms with Crippen molar-refractivity contribution in [2.75, 3.05) is 27.3 Å². The highest BCUT2D eigenvalue weighted by Crippen LogP contribution is 2.45. The molecule has 46 heavy (non-hydrogen) atoms. The van der Waals surface area contributed by atoms with Crippen LogP contribution in [-0.2, 0) is 16.1 Å². The van der Waals surface area contributed by atoms with E-state index in [4.69, 9.17) is 14.5 Å². The molecule has 2 aliphatic rings. The molecule has 1 aliphatic heterocycles.